The van der Waals surface area contributed by atoms with E-state index in [1.807, 2.05) is 6.92 Å². The van der Waals surface area contributed by atoms with Crippen LogP contribution >= 0.6 is 0 Å². The number of hydrogen-bond acceptors (Lipinski definition) is 4. The number of nitrogens with zero attached hydrogens (tertiary/aromatic N) is 1. The first-order valence-electron chi connectivity index (χ1n) is 6.58. The fraction of sp³-hybridized carbons (Fsp3) is 0.692. The maximum absolute atomic E-state index is 11.0. The van der Waals surface area contributed by atoms with Crippen molar-refractivity contribution in [2.75, 3.05) is 0 Å². The van der Waals surface area contributed by atoms with Gasteiger partial charge in [-0.25, -0.2) is 4.98 Å². The molecule has 5 heteroatoms. The third-order valence-electron chi connectivity index (χ3n) is 3.52. The van der Waals surface area contributed by atoms with E-state index in [0.717, 1.165) is 31.4 Å². The first kappa shape index (κ1) is 13.1. The Labute approximate surface area is 107 Å². The molecule has 2 atom stereocenters. The highest BCUT2D eigenvalue weighted by Gasteiger charge is 2.26. The van der Waals surface area contributed by atoms with Gasteiger partial charge >= 0.3 is 5.97 Å². The molecule has 1 heterocycles. The van der Waals surface area contributed by atoms with Gasteiger partial charge < -0.3 is 14.8 Å². The molecule has 1 fully saturated rings. The summed E-state index contributed by atoms with van der Waals surface area (Å²) in [4.78, 5) is 15.1. The molecule has 0 bridgehead atoms. The van der Waals surface area contributed by atoms with E-state index in [1.165, 1.54) is 0 Å². The molecule has 2 rings (SSSR count). The Morgan fingerprint density at radius 2 is 2.44 bits per heavy atom. The quantitative estimate of drug-likeness (QED) is 0.838. The van der Waals surface area contributed by atoms with Crippen molar-refractivity contribution in [3.8, 4) is 0 Å². The normalized spacial score (nSPS) is 24.1. The van der Waals surface area contributed by atoms with E-state index in [1.54, 1.807) is 6.20 Å². The van der Waals surface area contributed by atoms with Gasteiger partial charge in [0.2, 0.25) is 5.89 Å². The summed E-state index contributed by atoms with van der Waals surface area (Å²) in [7, 11) is 0. The summed E-state index contributed by atoms with van der Waals surface area (Å²) < 4.78 is 5.51. The summed E-state index contributed by atoms with van der Waals surface area (Å²) in [6.07, 6.45) is 6.10. The van der Waals surface area contributed by atoms with Crippen molar-refractivity contribution in [3.63, 3.8) is 0 Å². The zero-order chi connectivity index (χ0) is 13.0. The average molecular weight is 252 g/mol. The van der Waals surface area contributed by atoms with E-state index in [4.69, 9.17) is 9.52 Å². The fourth-order valence-electron chi connectivity index (χ4n) is 2.42. The Hall–Kier alpha value is -1.36. The second-order valence-corrected chi connectivity index (χ2v) is 4.85. The van der Waals surface area contributed by atoms with Crippen molar-refractivity contribution in [3.05, 3.63) is 17.8 Å². The molecule has 0 aliphatic heterocycles. The molecule has 1 aliphatic rings. The van der Waals surface area contributed by atoms with Gasteiger partial charge in [-0.1, -0.05) is 13.3 Å². The van der Waals surface area contributed by atoms with Gasteiger partial charge in [0.1, 0.15) is 5.76 Å². The molecule has 0 saturated heterocycles. The highest BCUT2D eigenvalue weighted by Crippen LogP contribution is 2.24. The van der Waals surface area contributed by atoms with E-state index in [2.05, 4.69) is 10.3 Å². The lowest BCUT2D eigenvalue weighted by atomic mass is 9.86. The van der Waals surface area contributed by atoms with Crippen LogP contribution in [-0.2, 0) is 17.8 Å². The molecule has 0 radical (unpaired) electrons. The van der Waals surface area contributed by atoms with Crippen LogP contribution in [0.2, 0.25) is 0 Å². The molecule has 0 aromatic carbocycles. The van der Waals surface area contributed by atoms with Crippen LogP contribution in [-0.4, -0.2) is 22.1 Å². The standard InChI is InChI=1S/C13H20N2O3/c1-2-11-7-15-12(18-11)8-14-10-5-3-4-9(6-10)13(16)17/h7,9-10,14H,2-6,8H2,1H3,(H,16,17). The summed E-state index contributed by atoms with van der Waals surface area (Å²) in [5, 5.41) is 12.4. The Balaban J connectivity index is 1.80. The minimum absolute atomic E-state index is 0.202. The van der Waals surface area contributed by atoms with Gasteiger partial charge in [0, 0.05) is 12.5 Å². The molecule has 1 aromatic rings. The minimum Gasteiger partial charge on any atom is -0.481 e. The molecule has 5 nitrogen and oxygen atoms in total. The van der Waals surface area contributed by atoms with Gasteiger partial charge in [-0.2, -0.15) is 0 Å². The average Bonchev–Trinajstić information content (AvgIpc) is 2.84. The Morgan fingerprint density at radius 3 is 3.11 bits per heavy atom. The lowest BCUT2D eigenvalue weighted by Gasteiger charge is -2.27. The third-order valence-corrected chi connectivity index (χ3v) is 3.52. The monoisotopic (exact) mass is 252 g/mol. The largest absolute Gasteiger partial charge is 0.481 e. The predicted octanol–water partition coefficient (Wildman–Crippen LogP) is 1.97. The van der Waals surface area contributed by atoms with E-state index in [0.29, 0.717) is 18.9 Å². The predicted molar refractivity (Wildman–Crippen MR) is 66.1 cm³/mol. The van der Waals surface area contributed by atoms with Crippen molar-refractivity contribution in [2.45, 2.75) is 51.6 Å². The second-order valence-electron chi connectivity index (χ2n) is 4.85. The van der Waals surface area contributed by atoms with E-state index >= 15 is 0 Å². The number of carboxylic acid groups (broad SMARTS) is 1. The number of oxazole rings is 1. The zero-order valence-electron chi connectivity index (χ0n) is 10.7. The van der Waals surface area contributed by atoms with Gasteiger partial charge in [-0.15, -0.1) is 0 Å². The van der Waals surface area contributed by atoms with E-state index < -0.39 is 5.97 Å². The van der Waals surface area contributed by atoms with Gasteiger partial charge in [0.05, 0.1) is 18.7 Å². The molecular weight excluding hydrogens is 232 g/mol. The van der Waals surface area contributed by atoms with Crippen molar-refractivity contribution < 1.29 is 14.3 Å². The van der Waals surface area contributed by atoms with Crippen LogP contribution in [0.25, 0.3) is 0 Å². The summed E-state index contributed by atoms with van der Waals surface area (Å²) in [6, 6.07) is 0.261. The number of aromatic nitrogens is 1. The molecule has 1 aromatic heterocycles. The van der Waals surface area contributed by atoms with Crippen LogP contribution in [0.3, 0.4) is 0 Å². The Bertz CT molecular complexity index is 403. The molecule has 18 heavy (non-hydrogen) atoms. The molecule has 2 unspecified atom stereocenters. The lowest BCUT2D eigenvalue weighted by Crippen LogP contribution is -2.36. The maximum atomic E-state index is 11.0. The lowest BCUT2D eigenvalue weighted by molar-refractivity contribution is -0.143. The third kappa shape index (κ3) is 3.32. The van der Waals surface area contributed by atoms with E-state index in [-0.39, 0.29) is 12.0 Å². The number of aryl methyl sites for hydroxylation is 1. The van der Waals surface area contributed by atoms with Crippen LogP contribution < -0.4 is 5.32 Å². The number of carbonyl (C=O) groups is 1. The van der Waals surface area contributed by atoms with Gasteiger partial charge in [-0.05, 0) is 19.3 Å². The Kier molecular flexibility index (Phi) is 4.36. The zero-order valence-corrected chi connectivity index (χ0v) is 10.7. The van der Waals surface area contributed by atoms with Crippen LogP contribution in [0.5, 0.6) is 0 Å². The number of hydrogen-bond donors (Lipinski definition) is 2. The van der Waals surface area contributed by atoms with Gasteiger partial charge in [0.15, 0.2) is 0 Å². The second kappa shape index (κ2) is 6.00. The fourth-order valence-corrected chi connectivity index (χ4v) is 2.42. The highest BCUT2D eigenvalue weighted by molar-refractivity contribution is 5.70. The van der Waals surface area contributed by atoms with Crippen molar-refractivity contribution in [1.82, 2.24) is 10.3 Å². The number of nitrogens with one attached hydrogen (secondary N) is 1. The molecule has 0 spiro atoms. The highest BCUT2D eigenvalue weighted by atomic mass is 16.4. The van der Waals surface area contributed by atoms with Gasteiger partial charge in [-0.3, -0.25) is 4.79 Å². The van der Waals surface area contributed by atoms with E-state index in [9.17, 15) is 4.79 Å². The number of carboxylic acids is 1. The first-order valence-corrected chi connectivity index (χ1v) is 6.58. The van der Waals surface area contributed by atoms with Crippen LogP contribution in [0.4, 0.5) is 0 Å². The summed E-state index contributed by atoms with van der Waals surface area (Å²) >= 11 is 0. The van der Waals surface area contributed by atoms with Crippen molar-refractivity contribution in [1.29, 1.82) is 0 Å². The van der Waals surface area contributed by atoms with Gasteiger partial charge in [0.25, 0.3) is 0 Å². The topological polar surface area (TPSA) is 75.4 Å². The smallest absolute Gasteiger partial charge is 0.306 e. The summed E-state index contributed by atoms with van der Waals surface area (Å²) in [5.74, 6) is 0.695. The summed E-state index contributed by atoms with van der Waals surface area (Å²) in [5.41, 5.74) is 0. The minimum atomic E-state index is -0.675. The molecule has 1 aliphatic carbocycles. The van der Waals surface area contributed by atoms with Crippen LogP contribution in [0, 0.1) is 5.92 Å². The van der Waals surface area contributed by atoms with Crippen molar-refractivity contribution in [2.24, 2.45) is 5.92 Å². The van der Waals surface area contributed by atoms with Crippen LogP contribution in [0.1, 0.15) is 44.3 Å². The first-order chi connectivity index (χ1) is 8.69. The molecule has 2 N–H and O–H groups in total. The molecule has 0 amide bonds. The Morgan fingerprint density at radius 1 is 1.61 bits per heavy atom. The SMILES string of the molecule is CCc1cnc(CNC2CCCC(C(=O)O)C2)o1. The van der Waals surface area contributed by atoms with Crippen molar-refractivity contribution >= 4 is 5.97 Å². The summed E-state index contributed by atoms with van der Waals surface area (Å²) in [6.45, 7) is 2.60. The number of rotatable bonds is 5. The maximum Gasteiger partial charge on any atom is 0.306 e. The molecule has 1 saturated carbocycles. The van der Waals surface area contributed by atoms with Crippen LogP contribution in [0.15, 0.2) is 10.6 Å². The molecular formula is C13H20N2O3. The number of aliphatic carboxylic acids is 1. The molecule has 100 valence electrons.